The second-order valence-corrected chi connectivity index (χ2v) is 8.75. The summed E-state index contributed by atoms with van der Waals surface area (Å²) in [6, 6.07) is 0. The molecule has 1 rings (SSSR count). The molecule has 1 fully saturated rings. The molecule has 0 bridgehead atoms. The molecule has 0 aromatic carbocycles. The van der Waals surface area contributed by atoms with Gasteiger partial charge in [0, 0.05) is 0 Å². The summed E-state index contributed by atoms with van der Waals surface area (Å²) in [5.41, 5.74) is 0. The largest absolute Gasteiger partial charge is 1.00 e. The summed E-state index contributed by atoms with van der Waals surface area (Å²) in [5, 5.41) is 2.43. The molecule has 0 saturated carbocycles. The summed E-state index contributed by atoms with van der Waals surface area (Å²) in [6.45, 7) is 8.18. The Kier molecular flexibility index (Phi) is 20.1. The number of rotatable bonds is 20. The lowest BCUT2D eigenvalue weighted by atomic mass is 10.0. The van der Waals surface area contributed by atoms with Crippen LogP contribution in [0.4, 0.5) is 0 Å². The Morgan fingerprint density at radius 2 is 1.08 bits per heavy atom. The van der Waals surface area contributed by atoms with Crippen molar-refractivity contribution in [3.8, 4) is 0 Å². The standard InChI is InChI=1S/C23H47NO.ClH/c1-22(2)18-16-14-12-10-8-6-4-3-5-7-9-11-13-15-17-19-24-20-23-21-25-23;/h22-24H,3-21H2,1-2H3;1H. The van der Waals surface area contributed by atoms with Gasteiger partial charge in [0.05, 0.1) is 13.2 Å². The predicted octanol–water partition coefficient (Wildman–Crippen LogP) is 2.85. The third-order valence-corrected chi connectivity index (χ3v) is 5.52. The maximum atomic E-state index is 5.22. The minimum absolute atomic E-state index is 0. The number of quaternary nitrogens is 1. The first kappa shape index (κ1) is 26.2. The van der Waals surface area contributed by atoms with E-state index in [0.717, 1.165) is 12.5 Å². The summed E-state index contributed by atoms with van der Waals surface area (Å²) in [4.78, 5) is 0. The van der Waals surface area contributed by atoms with Crippen molar-refractivity contribution in [3.05, 3.63) is 0 Å². The summed E-state index contributed by atoms with van der Waals surface area (Å²) in [6.07, 6.45) is 23.9. The van der Waals surface area contributed by atoms with Gasteiger partial charge in [-0.1, -0.05) is 104 Å². The van der Waals surface area contributed by atoms with Crippen LogP contribution in [0.2, 0.25) is 0 Å². The zero-order valence-corrected chi connectivity index (χ0v) is 18.7. The average Bonchev–Trinajstić information content (AvgIpc) is 3.41. The Balaban J connectivity index is 0.00000625. The van der Waals surface area contributed by atoms with Gasteiger partial charge < -0.3 is 22.5 Å². The quantitative estimate of drug-likeness (QED) is 0.252. The Hall–Kier alpha value is 0.210. The van der Waals surface area contributed by atoms with E-state index < -0.39 is 0 Å². The maximum absolute atomic E-state index is 5.22. The average molecular weight is 390 g/mol. The fourth-order valence-electron chi connectivity index (χ4n) is 3.65. The van der Waals surface area contributed by atoms with E-state index in [9.17, 15) is 0 Å². The molecule has 1 saturated heterocycles. The van der Waals surface area contributed by atoms with Crippen LogP contribution in [0.3, 0.4) is 0 Å². The summed E-state index contributed by atoms with van der Waals surface area (Å²) in [7, 11) is 0. The first-order valence-corrected chi connectivity index (χ1v) is 11.7. The number of hydrogen-bond donors (Lipinski definition) is 1. The lowest BCUT2D eigenvalue weighted by Crippen LogP contribution is -3.00. The fraction of sp³-hybridized carbons (Fsp3) is 1.00. The molecule has 1 aliphatic rings. The normalized spacial score (nSPS) is 16.0. The van der Waals surface area contributed by atoms with Crippen molar-refractivity contribution in [2.24, 2.45) is 5.92 Å². The van der Waals surface area contributed by atoms with E-state index in [1.165, 1.54) is 116 Å². The molecule has 0 spiro atoms. The van der Waals surface area contributed by atoms with Gasteiger partial charge in [0.2, 0.25) is 0 Å². The van der Waals surface area contributed by atoms with E-state index in [2.05, 4.69) is 19.2 Å². The van der Waals surface area contributed by atoms with E-state index >= 15 is 0 Å². The van der Waals surface area contributed by atoms with Crippen molar-refractivity contribution >= 4 is 0 Å². The van der Waals surface area contributed by atoms with Crippen LogP contribution in [-0.2, 0) is 4.74 Å². The highest BCUT2D eigenvalue weighted by Gasteiger charge is 2.23. The second kappa shape index (κ2) is 20.0. The van der Waals surface area contributed by atoms with E-state index in [4.69, 9.17) is 4.74 Å². The summed E-state index contributed by atoms with van der Waals surface area (Å²) >= 11 is 0. The summed E-state index contributed by atoms with van der Waals surface area (Å²) in [5.74, 6) is 0.894. The van der Waals surface area contributed by atoms with Crippen molar-refractivity contribution < 1.29 is 22.5 Å². The van der Waals surface area contributed by atoms with E-state index in [1.807, 2.05) is 0 Å². The molecule has 3 heteroatoms. The first-order chi connectivity index (χ1) is 12.3. The molecule has 0 aliphatic carbocycles. The molecule has 1 heterocycles. The number of hydrogen-bond acceptors (Lipinski definition) is 1. The van der Waals surface area contributed by atoms with Crippen LogP contribution in [0.1, 0.15) is 117 Å². The third kappa shape index (κ3) is 20.5. The van der Waals surface area contributed by atoms with Gasteiger partial charge in [-0.2, -0.15) is 0 Å². The molecule has 0 aromatic rings. The van der Waals surface area contributed by atoms with Crippen molar-refractivity contribution in [3.63, 3.8) is 0 Å². The van der Waals surface area contributed by atoms with Gasteiger partial charge in [-0.25, -0.2) is 0 Å². The number of ether oxygens (including phenoxy) is 1. The van der Waals surface area contributed by atoms with Gasteiger partial charge in [-0.3, -0.25) is 0 Å². The van der Waals surface area contributed by atoms with Crippen LogP contribution < -0.4 is 17.7 Å². The van der Waals surface area contributed by atoms with Gasteiger partial charge in [0.1, 0.15) is 12.6 Å². The van der Waals surface area contributed by atoms with E-state index in [-0.39, 0.29) is 12.4 Å². The molecule has 2 N–H and O–H groups in total. The Morgan fingerprint density at radius 3 is 1.46 bits per heavy atom. The molecular formula is C23H48ClNO. The number of nitrogens with two attached hydrogens (primary N) is 1. The minimum atomic E-state index is 0. The molecule has 2 nitrogen and oxygen atoms in total. The molecule has 1 atom stereocenters. The minimum Gasteiger partial charge on any atom is -1.00 e. The van der Waals surface area contributed by atoms with Crippen molar-refractivity contribution in [1.29, 1.82) is 0 Å². The van der Waals surface area contributed by atoms with Crippen molar-refractivity contribution in [2.45, 2.75) is 123 Å². The lowest BCUT2D eigenvalue weighted by Gasteiger charge is -2.05. The number of epoxide rings is 1. The SMILES string of the molecule is CC(C)CCCCCCCCCCCCCCCCC[NH2+]CC1CO1.[Cl-]. The fourth-order valence-corrected chi connectivity index (χ4v) is 3.65. The predicted molar refractivity (Wildman–Crippen MR) is 110 cm³/mol. The maximum Gasteiger partial charge on any atom is 0.130 e. The highest BCUT2D eigenvalue weighted by atomic mass is 35.5. The van der Waals surface area contributed by atoms with Crippen LogP contribution in [0.25, 0.3) is 0 Å². The molecular weight excluding hydrogens is 342 g/mol. The number of unbranched alkanes of at least 4 members (excludes halogenated alkanes) is 14. The van der Waals surface area contributed by atoms with Crippen LogP contribution in [-0.4, -0.2) is 25.8 Å². The third-order valence-electron chi connectivity index (χ3n) is 5.52. The zero-order chi connectivity index (χ0) is 18.0. The van der Waals surface area contributed by atoms with Crippen LogP contribution in [0, 0.1) is 5.92 Å². The van der Waals surface area contributed by atoms with Crippen LogP contribution in [0.5, 0.6) is 0 Å². The Labute approximate surface area is 171 Å². The molecule has 1 aliphatic heterocycles. The second-order valence-electron chi connectivity index (χ2n) is 8.75. The molecule has 158 valence electrons. The van der Waals surface area contributed by atoms with Crippen LogP contribution >= 0.6 is 0 Å². The smallest absolute Gasteiger partial charge is 0.130 e. The highest BCUT2D eigenvalue weighted by molar-refractivity contribution is 4.65. The molecule has 26 heavy (non-hydrogen) atoms. The van der Waals surface area contributed by atoms with Gasteiger partial charge in [0.15, 0.2) is 0 Å². The molecule has 1 unspecified atom stereocenters. The first-order valence-electron chi connectivity index (χ1n) is 11.7. The molecule has 0 amide bonds. The van der Waals surface area contributed by atoms with Crippen LogP contribution in [0.15, 0.2) is 0 Å². The summed E-state index contributed by atoms with van der Waals surface area (Å²) < 4.78 is 5.22. The van der Waals surface area contributed by atoms with Crippen molar-refractivity contribution in [2.75, 3.05) is 19.7 Å². The van der Waals surface area contributed by atoms with Crippen molar-refractivity contribution in [1.82, 2.24) is 0 Å². The van der Waals surface area contributed by atoms with Gasteiger partial charge in [-0.15, -0.1) is 0 Å². The Morgan fingerprint density at radius 1 is 0.692 bits per heavy atom. The van der Waals surface area contributed by atoms with Gasteiger partial charge in [-0.05, 0) is 18.8 Å². The Bertz CT molecular complexity index is 251. The number of halogens is 1. The van der Waals surface area contributed by atoms with Gasteiger partial charge in [0.25, 0.3) is 0 Å². The zero-order valence-electron chi connectivity index (χ0n) is 18.0. The van der Waals surface area contributed by atoms with E-state index in [1.54, 1.807) is 0 Å². The highest BCUT2D eigenvalue weighted by Crippen LogP contribution is 2.14. The lowest BCUT2D eigenvalue weighted by molar-refractivity contribution is -0.656. The monoisotopic (exact) mass is 389 g/mol. The molecule has 0 aromatic heterocycles. The van der Waals surface area contributed by atoms with Gasteiger partial charge >= 0.3 is 0 Å². The topological polar surface area (TPSA) is 29.1 Å². The van der Waals surface area contributed by atoms with E-state index in [0.29, 0.717) is 6.10 Å². The molecule has 0 radical (unpaired) electrons.